The van der Waals surface area contributed by atoms with E-state index in [2.05, 4.69) is 52.1 Å². The molecule has 1 unspecified atom stereocenters. The van der Waals surface area contributed by atoms with E-state index in [0.717, 1.165) is 24.8 Å². The number of alkyl halides is 2. The number of Topliss-reactive ketones (excluding diaryl/α,β-unsaturated/α-hetero) is 1. The standard InChI is InChI=1S/C15H20I2O2/c1-3-4-5-6-13(18)15(16,17)14(19)12-9-7-11(2)8-10-12/h7-10,13,18H,3-6H2,1-2H3. The van der Waals surface area contributed by atoms with Gasteiger partial charge in [0.05, 0.1) is 6.10 Å². The smallest absolute Gasteiger partial charge is 0.191 e. The number of unbranched alkanes of at least 4 members (excludes halogenated alkanes) is 2. The van der Waals surface area contributed by atoms with Gasteiger partial charge in [-0.25, -0.2) is 0 Å². The average molecular weight is 486 g/mol. The van der Waals surface area contributed by atoms with Gasteiger partial charge in [0.1, 0.15) is 0 Å². The molecule has 0 saturated heterocycles. The Labute approximate surface area is 142 Å². The molecular formula is C15H20I2O2. The van der Waals surface area contributed by atoms with Crippen molar-refractivity contribution in [2.24, 2.45) is 0 Å². The molecule has 0 amide bonds. The van der Waals surface area contributed by atoms with Gasteiger partial charge in [-0.2, -0.15) is 0 Å². The molecule has 0 saturated carbocycles. The van der Waals surface area contributed by atoms with Crippen molar-refractivity contribution in [3.05, 3.63) is 35.4 Å². The largest absolute Gasteiger partial charge is 0.390 e. The molecule has 2 nitrogen and oxygen atoms in total. The zero-order valence-corrected chi connectivity index (χ0v) is 15.6. The van der Waals surface area contributed by atoms with Crippen LogP contribution in [0, 0.1) is 6.92 Å². The van der Waals surface area contributed by atoms with E-state index in [1.165, 1.54) is 0 Å². The minimum Gasteiger partial charge on any atom is -0.390 e. The number of aliphatic hydroxyl groups is 1. The van der Waals surface area contributed by atoms with Crippen LogP contribution in [0.15, 0.2) is 24.3 Å². The van der Waals surface area contributed by atoms with E-state index in [0.29, 0.717) is 12.0 Å². The van der Waals surface area contributed by atoms with Crippen LogP contribution in [0.2, 0.25) is 0 Å². The molecule has 0 radical (unpaired) electrons. The Morgan fingerprint density at radius 3 is 2.37 bits per heavy atom. The van der Waals surface area contributed by atoms with Crippen molar-refractivity contribution in [3.8, 4) is 0 Å². The second-order valence-electron chi connectivity index (χ2n) is 4.83. The highest BCUT2D eigenvalue weighted by atomic mass is 127. The number of hydrogen-bond donors (Lipinski definition) is 1. The highest BCUT2D eigenvalue weighted by molar-refractivity contribution is 14.2. The van der Waals surface area contributed by atoms with Gasteiger partial charge in [0.15, 0.2) is 7.21 Å². The van der Waals surface area contributed by atoms with Crippen LogP contribution in [0.1, 0.15) is 48.5 Å². The van der Waals surface area contributed by atoms with Crippen molar-refractivity contribution in [3.63, 3.8) is 0 Å². The second kappa shape index (κ2) is 7.93. The monoisotopic (exact) mass is 486 g/mol. The summed E-state index contributed by atoms with van der Waals surface area (Å²) in [7, 11) is 0. The number of aryl methyl sites for hydroxylation is 1. The molecule has 0 aliphatic heterocycles. The van der Waals surface area contributed by atoms with E-state index in [4.69, 9.17) is 0 Å². The van der Waals surface area contributed by atoms with Crippen LogP contribution in [0.5, 0.6) is 0 Å². The maximum atomic E-state index is 12.5. The molecule has 0 aliphatic rings. The summed E-state index contributed by atoms with van der Waals surface area (Å²) in [6, 6.07) is 7.53. The molecule has 1 N–H and O–H groups in total. The number of hydrogen-bond acceptors (Lipinski definition) is 2. The molecule has 1 atom stereocenters. The van der Waals surface area contributed by atoms with Gasteiger partial charge >= 0.3 is 0 Å². The van der Waals surface area contributed by atoms with Gasteiger partial charge in [-0.1, -0.05) is 101 Å². The van der Waals surface area contributed by atoms with Crippen molar-refractivity contribution in [2.75, 3.05) is 0 Å². The van der Waals surface area contributed by atoms with Crippen LogP contribution in [0.4, 0.5) is 0 Å². The topological polar surface area (TPSA) is 37.3 Å². The van der Waals surface area contributed by atoms with E-state index in [9.17, 15) is 9.90 Å². The van der Waals surface area contributed by atoms with Crippen molar-refractivity contribution in [1.29, 1.82) is 0 Å². The molecule has 19 heavy (non-hydrogen) atoms. The Kier molecular flexibility index (Phi) is 7.24. The lowest BCUT2D eigenvalue weighted by molar-refractivity contribution is 0.0882. The predicted molar refractivity (Wildman–Crippen MR) is 96.4 cm³/mol. The third-order valence-corrected chi connectivity index (χ3v) is 5.53. The van der Waals surface area contributed by atoms with E-state index in [1.807, 2.05) is 31.2 Å². The number of carbonyl (C=O) groups excluding carboxylic acids is 1. The number of rotatable bonds is 7. The third-order valence-electron chi connectivity index (χ3n) is 3.12. The summed E-state index contributed by atoms with van der Waals surface area (Å²) in [6.07, 6.45) is 3.26. The third kappa shape index (κ3) is 4.97. The fourth-order valence-corrected chi connectivity index (χ4v) is 3.06. The molecule has 0 fully saturated rings. The number of ketones is 1. The van der Waals surface area contributed by atoms with E-state index in [1.54, 1.807) is 0 Å². The highest BCUT2D eigenvalue weighted by Gasteiger charge is 2.39. The van der Waals surface area contributed by atoms with Crippen molar-refractivity contribution < 1.29 is 9.90 Å². The summed E-state index contributed by atoms with van der Waals surface area (Å²) in [5.41, 5.74) is 1.80. The maximum Gasteiger partial charge on any atom is 0.191 e. The molecule has 0 heterocycles. The van der Waals surface area contributed by atoms with E-state index < -0.39 is 7.53 Å². The van der Waals surface area contributed by atoms with Gasteiger partial charge in [0.2, 0.25) is 0 Å². The van der Waals surface area contributed by atoms with Crippen molar-refractivity contribution >= 4 is 51.0 Å². The summed E-state index contributed by atoms with van der Waals surface area (Å²) >= 11 is 4.16. The number of carbonyl (C=O) groups is 1. The number of benzene rings is 1. The van der Waals surface area contributed by atoms with Gasteiger partial charge in [0, 0.05) is 5.56 Å². The molecule has 1 aromatic rings. The summed E-state index contributed by atoms with van der Waals surface area (Å²) in [5, 5.41) is 10.3. The van der Waals surface area contributed by atoms with Gasteiger partial charge in [0.25, 0.3) is 0 Å². The first kappa shape index (κ1) is 17.4. The normalized spacial score (nSPS) is 13.3. The molecule has 1 rings (SSSR count). The molecule has 0 bridgehead atoms. The maximum absolute atomic E-state index is 12.5. The number of aliphatic hydroxyl groups excluding tert-OH is 1. The van der Waals surface area contributed by atoms with Crippen molar-refractivity contribution in [1.82, 2.24) is 0 Å². The summed E-state index contributed by atoms with van der Waals surface area (Å²) in [4.78, 5) is 12.5. The van der Waals surface area contributed by atoms with Gasteiger partial charge in [-0.3, -0.25) is 4.79 Å². The predicted octanol–water partition coefficient (Wildman–Crippen LogP) is 4.69. The first-order valence-corrected chi connectivity index (χ1v) is 8.72. The van der Waals surface area contributed by atoms with Crippen LogP contribution in [0.3, 0.4) is 0 Å². The Hall–Kier alpha value is 0.310. The summed E-state index contributed by atoms with van der Waals surface area (Å²) < 4.78 is -0.779. The average Bonchev–Trinajstić information content (AvgIpc) is 2.39. The number of halogens is 2. The summed E-state index contributed by atoms with van der Waals surface area (Å²) in [6.45, 7) is 4.13. The Bertz CT molecular complexity index is 413. The lowest BCUT2D eigenvalue weighted by Gasteiger charge is -2.25. The SMILES string of the molecule is CCCCCC(O)C(I)(I)C(=O)c1ccc(C)cc1. The highest BCUT2D eigenvalue weighted by Crippen LogP contribution is 2.37. The van der Waals surface area contributed by atoms with Crippen LogP contribution in [-0.4, -0.2) is 18.4 Å². The van der Waals surface area contributed by atoms with Gasteiger partial charge in [-0.15, -0.1) is 0 Å². The quantitative estimate of drug-likeness (QED) is 0.263. The van der Waals surface area contributed by atoms with Crippen LogP contribution in [0.25, 0.3) is 0 Å². The molecular weight excluding hydrogens is 466 g/mol. The van der Waals surface area contributed by atoms with Crippen LogP contribution >= 0.6 is 45.2 Å². The second-order valence-corrected chi connectivity index (χ2v) is 10.3. The van der Waals surface area contributed by atoms with E-state index >= 15 is 0 Å². The zero-order chi connectivity index (χ0) is 14.5. The lowest BCUT2D eigenvalue weighted by Crippen LogP contribution is -2.38. The molecule has 1 aromatic carbocycles. The molecule has 4 heteroatoms. The van der Waals surface area contributed by atoms with E-state index in [-0.39, 0.29) is 5.78 Å². The first-order chi connectivity index (χ1) is 8.89. The first-order valence-electron chi connectivity index (χ1n) is 6.57. The minimum absolute atomic E-state index is 0.00213. The fraction of sp³-hybridized carbons (Fsp3) is 0.533. The van der Waals surface area contributed by atoms with Gasteiger partial charge < -0.3 is 5.11 Å². The Balaban J connectivity index is 2.75. The Morgan fingerprint density at radius 2 is 1.84 bits per heavy atom. The van der Waals surface area contributed by atoms with Crippen LogP contribution in [-0.2, 0) is 0 Å². The fourth-order valence-electron chi connectivity index (χ4n) is 1.82. The van der Waals surface area contributed by atoms with Gasteiger partial charge in [-0.05, 0) is 13.3 Å². The molecule has 0 spiro atoms. The van der Waals surface area contributed by atoms with Crippen molar-refractivity contribution in [2.45, 2.75) is 47.1 Å². The Morgan fingerprint density at radius 1 is 1.26 bits per heavy atom. The zero-order valence-electron chi connectivity index (χ0n) is 11.3. The molecule has 106 valence electrons. The lowest BCUT2D eigenvalue weighted by atomic mass is 10.0. The molecule has 0 aromatic heterocycles. The van der Waals surface area contributed by atoms with Crippen LogP contribution < -0.4 is 0 Å². The minimum atomic E-state index is -0.779. The molecule has 0 aliphatic carbocycles. The summed E-state index contributed by atoms with van der Waals surface area (Å²) in [5.74, 6) is -0.00213.